The molecule has 0 N–H and O–H groups in total. The number of aromatic nitrogens is 2. The number of ether oxygens (including phenoxy) is 1. The average Bonchev–Trinajstić information content (AvgIpc) is 2.63. The molecule has 1 saturated heterocycles. The van der Waals surface area contributed by atoms with Crippen LogP contribution in [0.2, 0.25) is 0 Å². The average molecular weight is 394 g/mol. The molecule has 1 aromatic heterocycles. The number of amides is 1. The Balaban J connectivity index is 2.17. The molecule has 1 amide bonds. The highest BCUT2D eigenvalue weighted by Crippen LogP contribution is 2.38. The fourth-order valence-electron chi connectivity index (χ4n) is 2.66. The van der Waals surface area contributed by atoms with Crippen molar-refractivity contribution in [2.24, 2.45) is 0 Å². The highest BCUT2D eigenvalue weighted by molar-refractivity contribution is 9.10. The van der Waals surface area contributed by atoms with E-state index >= 15 is 0 Å². The Labute approximate surface area is 143 Å². The maximum atomic E-state index is 14.6. The van der Waals surface area contributed by atoms with Crippen LogP contribution in [0.3, 0.4) is 0 Å². The van der Waals surface area contributed by atoms with Crippen LogP contribution >= 0.6 is 15.9 Å². The summed E-state index contributed by atoms with van der Waals surface area (Å²) >= 11 is 3.36. The lowest BCUT2D eigenvalue weighted by atomic mass is 10.0. The van der Waals surface area contributed by atoms with E-state index in [0.29, 0.717) is 11.4 Å². The number of alkyl halides is 2. The first kappa shape index (κ1) is 18.2. The molecular weight excluding hydrogens is 372 g/mol. The van der Waals surface area contributed by atoms with Gasteiger partial charge in [-0.3, -0.25) is 4.68 Å². The van der Waals surface area contributed by atoms with Gasteiger partial charge in [0.25, 0.3) is 5.92 Å². The third kappa shape index (κ3) is 3.84. The zero-order valence-corrected chi connectivity index (χ0v) is 15.6. The maximum absolute atomic E-state index is 14.6. The molecule has 8 heteroatoms. The van der Waals surface area contributed by atoms with Crippen LogP contribution in [0.1, 0.15) is 44.6 Å². The molecule has 0 aliphatic carbocycles. The van der Waals surface area contributed by atoms with Crippen LogP contribution in [-0.2, 0) is 4.74 Å². The van der Waals surface area contributed by atoms with Crippen molar-refractivity contribution in [3.63, 3.8) is 0 Å². The highest BCUT2D eigenvalue weighted by Gasteiger charge is 2.48. The van der Waals surface area contributed by atoms with Gasteiger partial charge in [0.1, 0.15) is 11.6 Å². The van der Waals surface area contributed by atoms with Gasteiger partial charge in [0.2, 0.25) is 0 Å². The first-order chi connectivity index (χ1) is 10.4. The normalized spacial score (nSPS) is 21.4. The van der Waals surface area contributed by atoms with E-state index in [1.54, 1.807) is 34.6 Å². The van der Waals surface area contributed by atoms with Crippen LogP contribution in [0.4, 0.5) is 13.6 Å². The first-order valence-electron chi connectivity index (χ1n) is 7.49. The van der Waals surface area contributed by atoms with Crippen LogP contribution in [-0.4, -0.2) is 45.4 Å². The van der Waals surface area contributed by atoms with Crippen molar-refractivity contribution < 1.29 is 18.3 Å². The smallest absolute Gasteiger partial charge is 0.410 e. The van der Waals surface area contributed by atoms with E-state index in [1.165, 1.54) is 4.68 Å². The summed E-state index contributed by atoms with van der Waals surface area (Å²) in [6, 6.07) is -1.06. The van der Waals surface area contributed by atoms with Crippen molar-refractivity contribution in [2.75, 3.05) is 13.1 Å². The van der Waals surface area contributed by atoms with Crippen molar-refractivity contribution >= 4 is 22.0 Å². The molecule has 5 nitrogen and oxygen atoms in total. The zero-order valence-electron chi connectivity index (χ0n) is 14.0. The zero-order chi connectivity index (χ0) is 17.6. The van der Waals surface area contributed by atoms with Crippen molar-refractivity contribution in [1.82, 2.24) is 14.7 Å². The van der Waals surface area contributed by atoms with Gasteiger partial charge in [-0.2, -0.15) is 5.10 Å². The summed E-state index contributed by atoms with van der Waals surface area (Å²) in [5.41, 5.74) is 0.634. The van der Waals surface area contributed by atoms with E-state index in [9.17, 15) is 13.6 Å². The lowest BCUT2D eigenvalue weighted by Crippen LogP contribution is -2.52. The number of hydrogen-bond donors (Lipinski definition) is 0. The van der Waals surface area contributed by atoms with Crippen molar-refractivity contribution in [3.05, 3.63) is 15.9 Å². The summed E-state index contributed by atoms with van der Waals surface area (Å²) in [4.78, 5) is 13.1. The molecule has 0 saturated carbocycles. The minimum absolute atomic E-state index is 0.126. The molecule has 0 aromatic carbocycles. The van der Waals surface area contributed by atoms with Gasteiger partial charge in [0.05, 0.1) is 22.4 Å². The number of aryl methyl sites for hydroxylation is 1. The Bertz CT molecular complexity index is 611. The second-order valence-corrected chi connectivity index (χ2v) is 7.69. The molecule has 1 fully saturated rings. The summed E-state index contributed by atoms with van der Waals surface area (Å²) in [7, 11) is 0. The Morgan fingerprint density at radius 2 is 2.00 bits per heavy atom. The third-order valence-corrected chi connectivity index (χ3v) is 4.89. The Hall–Kier alpha value is -1.18. The molecule has 130 valence electrons. The van der Waals surface area contributed by atoms with Gasteiger partial charge in [0.15, 0.2) is 0 Å². The number of hydrogen-bond acceptors (Lipinski definition) is 3. The Morgan fingerprint density at radius 3 is 2.43 bits per heavy atom. The quantitative estimate of drug-likeness (QED) is 0.721. The first-order valence-corrected chi connectivity index (χ1v) is 8.28. The van der Waals surface area contributed by atoms with Gasteiger partial charge < -0.3 is 9.64 Å². The fraction of sp³-hybridized carbons (Fsp3) is 0.733. The Morgan fingerprint density at radius 1 is 1.39 bits per heavy atom. The van der Waals surface area contributed by atoms with E-state index in [0.717, 1.165) is 9.37 Å². The van der Waals surface area contributed by atoms with Crippen LogP contribution in [0.15, 0.2) is 4.47 Å². The van der Waals surface area contributed by atoms with E-state index in [2.05, 4.69) is 21.0 Å². The molecule has 0 radical (unpaired) electrons. The van der Waals surface area contributed by atoms with Crippen LogP contribution in [0.5, 0.6) is 0 Å². The number of rotatable bonds is 1. The topological polar surface area (TPSA) is 47.4 Å². The number of nitrogens with zero attached hydrogens (tertiary/aromatic N) is 3. The lowest BCUT2D eigenvalue weighted by Gasteiger charge is -2.39. The predicted molar refractivity (Wildman–Crippen MR) is 85.8 cm³/mol. The van der Waals surface area contributed by atoms with Gasteiger partial charge in [-0.25, -0.2) is 13.6 Å². The molecule has 1 unspecified atom stereocenters. The SMILES string of the molecule is Cc1nn(C2CCN(C(=O)OC(C)(C)C)CC2(F)F)c(C)c1Br. The van der Waals surface area contributed by atoms with Gasteiger partial charge >= 0.3 is 6.09 Å². The molecule has 1 aliphatic heterocycles. The molecule has 1 atom stereocenters. The highest BCUT2D eigenvalue weighted by atomic mass is 79.9. The fourth-order valence-corrected chi connectivity index (χ4v) is 2.92. The molecular formula is C15H22BrF2N3O2. The van der Waals surface area contributed by atoms with Crippen LogP contribution < -0.4 is 0 Å². The summed E-state index contributed by atoms with van der Waals surface area (Å²) < 4.78 is 36.5. The maximum Gasteiger partial charge on any atom is 0.410 e. The van der Waals surface area contributed by atoms with Crippen molar-refractivity contribution in [2.45, 2.75) is 58.6 Å². The molecule has 2 rings (SSSR count). The van der Waals surface area contributed by atoms with E-state index in [-0.39, 0.29) is 13.0 Å². The minimum Gasteiger partial charge on any atom is -0.444 e. The van der Waals surface area contributed by atoms with Crippen molar-refractivity contribution in [1.29, 1.82) is 0 Å². The Kier molecular flexibility index (Phi) is 4.76. The standard InChI is InChI=1S/C15H22BrF2N3O2/c1-9-12(16)10(2)21(19-9)11-6-7-20(8-15(11,17)18)13(22)23-14(3,4)5/h11H,6-8H2,1-5H3. The summed E-state index contributed by atoms with van der Waals surface area (Å²) in [6.07, 6.45) is -0.578. The summed E-state index contributed by atoms with van der Waals surface area (Å²) in [5, 5.41) is 4.21. The molecule has 1 aliphatic rings. The van der Waals surface area contributed by atoms with E-state index in [4.69, 9.17) is 4.74 Å². The van der Waals surface area contributed by atoms with Gasteiger partial charge in [-0.15, -0.1) is 0 Å². The summed E-state index contributed by atoms with van der Waals surface area (Å²) in [5.74, 6) is -3.07. The lowest BCUT2D eigenvalue weighted by molar-refractivity contribution is -0.107. The number of halogens is 3. The van der Waals surface area contributed by atoms with Crippen molar-refractivity contribution in [3.8, 4) is 0 Å². The second kappa shape index (κ2) is 6.03. The molecule has 1 aromatic rings. The van der Waals surface area contributed by atoms with Gasteiger partial charge in [0, 0.05) is 6.54 Å². The van der Waals surface area contributed by atoms with E-state index < -0.39 is 30.2 Å². The third-order valence-electron chi connectivity index (χ3n) is 3.75. The van der Waals surface area contributed by atoms with Crippen LogP contribution in [0.25, 0.3) is 0 Å². The monoisotopic (exact) mass is 393 g/mol. The van der Waals surface area contributed by atoms with Gasteiger partial charge in [-0.05, 0) is 57.0 Å². The number of piperidine rings is 1. The number of likely N-dealkylation sites (tertiary alicyclic amines) is 1. The van der Waals surface area contributed by atoms with E-state index in [1.807, 2.05) is 0 Å². The molecule has 2 heterocycles. The second-order valence-electron chi connectivity index (χ2n) is 6.90. The minimum atomic E-state index is -3.07. The van der Waals surface area contributed by atoms with Crippen LogP contribution in [0, 0.1) is 13.8 Å². The van der Waals surface area contributed by atoms with Gasteiger partial charge in [-0.1, -0.05) is 0 Å². The number of carbonyl (C=O) groups excluding carboxylic acids is 1. The molecule has 23 heavy (non-hydrogen) atoms. The molecule has 0 bridgehead atoms. The largest absolute Gasteiger partial charge is 0.444 e. The predicted octanol–water partition coefficient (Wildman–Crippen LogP) is 4.08. The summed E-state index contributed by atoms with van der Waals surface area (Å²) in [6.45, 7) is 8.20. The molecule has 0 spiro atoms. The number of carbonyl (C=O) groups is 1.